The zero-order valence-corrected chi connectivity index (χ0v) is 13.9. The summed E-state index contributed by atoms with van der Waals surface area (Å²) in [4.78, 5) is 39.3. The van der Waals surface area contributed by atoms with Crippen LogP contribution < -0.4 is 5.32 Å². The molecule has 0 bridgehead atoms. The summed E-state index contributed by atoms with van der Waals surface area (Å²) in [5.41, 5.74) is 1.08. The van der Waals surface area contributed by atoms with Crippen LogP contribution in [0.3, 0.4) is 0 Å². The number of nitrogens with zero attached hydrogens (tertiary/aromatic N) is 1. The number of hydrogen-bond donors (Lipinski definition) is 1. The molecule has 0 aliphatic heterocycles. The molecule has 0 atom stereocenters. The molecule has 0 saturated carbocycles. The summed E-state index contributed by atoms with van der Waals surface area (Å²) in [6, 6.07) is 7.70. The fourth-order valence-electron chi connectivity index (χ4n) is 2.07. The number of nitrogens with one attached hydrogen (secondary N) is 1. The molecule has 2 rings (SSSR count). The van der Waals surface area contributed by atoms with E-state index < -0.39 is 17.9 Å². The Bertz CT molecular complexity index is 767. The Morgan fingerprint density at radius 2 is 1.44 bits per heavy atom. The molecular formula is C17H16N2O6. The number of pyridine rings is 1. The average molecular weight is 344 g/mol. The van der Waals surface area contributed by atoms with Crippen LogP contribution in [-0.2, 0) is 14.2 Å². The van der Waals surface area contributed by atoms with Crippen LogP contribution in [0.4, 0.5) is 11.4 Å². The first-order chi connectivity index (χ1) is 12.0. The first kappa shape index (κ1) is 17.9. The quantitative estimate of drug-likeness (QED) is 0.650. The van der Waals surface area contributed by atoms with Gasteiger partial charge in [-0.15, -0.1) is 0 Å². The van der Waals surface area contributed by atoms with Gasteiger partial charge in [-0.3, -0.25) is 0 Å². The Kier molecular flexibility index (Phi) is 5.67. The van der Waals surface area contributed by atoms with Crippen LogP contribution in [0.2, 0.25) is 0 Å². The fraction of sp³-hybridized carbons (Fsp3) is 0.176. The molecule has 0 fully saturated rings. The topological polar surface area (TPSA) is 104 Å². The van der Waals surface area contributed by atoms with Crippen LogP contribution in [0.1, 0.15) is 31.2 Å². The van der Waals surface area contributed by atoms with Crippen molar-refractivity contribution in [2.75, 3.05) is 26.6 Å². The molecule has 130 valence electrons. The van der Waals surface area contributed by atoms with Crippen molar-refractivity contribution < 1.29 is 28.6 Å². The number of anilines is 2. The monoisotopic (exact) mass is 344 g/mol. The number of esters is 3. The van der Waals surface area contributed by atoms with Crippen molar-refractivity contribution in [1.82, 2.24) is 4.98 Å². The van der Waals surface area contributed by atoms with E-state index in [1.54, 1.807) is 24.3 Å². The molecule has 8 heteroatoms. The van der Waals surface area contributed by atoms with Gasteiger partial charge in [0.15, 0.2) is 5.69 Å². The molecule has 8 nitrogen and oxygen atoms in total. The van der Waals surface area contributed by atoms with Crippen molar-refractivity contribution in [3.05, 3.63) is 53.3 Å². The summed E-state index contributed by atoms with van der Waals surface area (Å²) < 4.78 is 14.1. The van der Waals surface area contributed by atoms with Gasteiger partial charge in [0, 0.05) is 11.9 Å². The Labute approximate surface area is 143 Å². The van der Waals surface area contributed by atoms with Gasteiger partial charge in [0.1, 0.15) is 0 Å². The maximum Gasteiger partial charge on any atom is 0.358 e. The van der Waals surface area contributed by atoms with Crippen LogP contribution in [0.15, 0.2) is 36.5 Å². The fourth-order valence-corrected chi connectivity index (χ4v) is 2.07. The zero-order valence-electron chi connectivity index (χ0n) is 13.9. The number of methoxy groups -OCH3 is 3. The first-order valence-corrected chi connectivity index (χ1v) is 7.12. The highest BCUT2D eigenvalue weighted by molar-refractivity contribution is 6.04. The third kappa shape index (κ3) is 3.92. The van der Waals surface area contributed by atoms with Crippen LogP contribution in [0.25, 0.3) is 0 Å². The molecule has 0 aliphatic rings. The summed E-state index contributed by atoms with van der Waals surface area (Å²) in [6.07, 6.45) is 1.31. The van der Waals surface area contributed by atoms with E-state index in [2.05, 4.69) is 15.0 Å². The number of rotatable bonds is 5. The molecule has 0 spiro atoms. The second-order valence-corrected chi connectivity index (χ2v) is 4.76. The molecular weight excluding hydrogens is 328 g/mol. The molecule has 0 radical (unpaired) electrons. The molecule has 1 aromatic carbocycles. The molecule has 0 unspecified atom stereocenters. The third-order valence-electron chi connectivity index (χ3n) is 3.31. The van der Waals surface area contributed by atoms with E-state index in [4.69, 9.17) is 9.47 Å². The minimum Gasteiger partial charge on any atom is -0.465 e. The van der Waals surface area contributed by atoms with E-state index in [9.17, 15) is 14.4 Å². The number of hydrogen-bond acceptors (Lipinski definition) is 8. The van der Waals surface area contributed by atoms with E-state index in [-0.39, 0.29) is 16.9 Å². The molecule has 1 heterocycles. The minimum atomic E-state index is -0.709. The molecule has 0 aliphatic carbocycles. The van der Waals surface area contributed by atoms with E-state index in [1.165, 1.54) is 33.6 Å². The predicted molar refractivity (Wildman–Crippen MR) is 88.0 cm³/mol. The lowest BCUT2D eigenvalue weighted by atomic mass is 10.1. The van der Waals surface area contributed by atoms with Gasteiger partial charge in [-0.1, -0.05) is 0 Å². The van der Waals surface area contributed by atoms with Crippen LogP contribution in [0, 0.1) is 0 Å². The van der Waals surface area contributed by atoms with Crippen molar-refractivity contribution in [2.24, 2.45) is 0 Å². The lowest BCUT2D eigenvalue weighted by molar-refractivity contribution is 0.0586. The first-order valence-electron chi connectivity index (χ1n) is 7.12. The average Bonchev–Trinajstić information content (AvgIpc) is 2.66. The third-order valence-corrected chi connectivity index (χ3v) is 3.31. The number of benzene rings is 1. The highest BCUT2D eigenvalue weighted by Gasteiger charge is 2.22. The van der Waals surface area contributed by atoms with Gasteiger partial charge >= 0.3 is 17.9 Å². The van der Waals surface area contributed by atoms with Crippen LogP contribution in [-0.4, -0.2) is 44.2 Å². The number of aromatic nitrogens is 1. The minimum absolute atomic E-state index is 0.0672. The smallest absolute Gasteiger partial charge is 0.358 e. The van der Waals surface area contributed by atoms with Gasteiger partial charge in [0.05, 0.1) is 38.1 Å². The van der Waals surface area contributed by atoms with Crippen molar-refractivity contribution >= 4 is 29.3 Å². The Balaban J connectivity index is 2.44. The van der Waals surface area contributed by atoms with Crippen molar-refractivity contribution in [2.45, 2.75) is 0 Å². The van der Waals surface area contributed by atoms with Gasteiger partial charge < -0.3 is 19.5 Å². The number of carbonyl (C=O) groups excluding carboxylic acids is 3. The summed E-state index contributed by atoms with van der Waals surface area (Å²) in [5, 5.41) is 2.94. The summed E-state index contributed by atoms with van der Waals surface area (Å²) >= 11 is 0. The van der Waals surface area contributed by atoms with Crippen LogP contribution in [0.5, 0.6) is 0 Å². The normalized spacial score (nSPS) is 9.88. The Morgan fingerprint density at radius 1 is 0.840 bits per heavy atom. The lowest BCUT2D eigenvalue weighted by Crippen LogP contribution is -2.14. The summed E-state index contributed by atoms with van der Waals surface area (Å²) in [7, 11) is 3.73. The van der Waals surface area contributed by atoms with Gasteiger partial charge in [-0.2, -0.15) is 0 Å². The Hall–Kier alpha value is -3.42. The SMILES string of the molecule is COC(=O)c1ccc(Nc2c(C(=O)OC)ccnc2C(=O)OC)cc1. The molecule has 2 aromatic rings. The van der Waals surface area contributed by atoms with E-state index >= 15 is 0 Å². The maximum absolute atomic E-state index is 12.0. The van der Waals surface area contributed by atoms with Gasteiger partial charge in [0.25, 0.3) is 0 Å². The van der Waals surface area contributed by atoms with Gasteiger partial charge in [-0.05, 0) is 30.3 Å². The maximum atomic E-state index is 12.0. The summed E-state index contributed by atoms with van der Waals surface area (Å²) in [6.45, 7) is 0. The van der Waals surface area contributed by atoms with Crippen molar-refractivity contribution in [3.63, 3.8) is 0 Å². The zero-order chi connectivity index (χ0) is 18.4. The van der Waals surface area contributed by atoms with Crippen molar-refractivity contribution in [1.29, 1.82) is 0 Å². The number of carbonyl (C=O) groups is 3. The molecule has 1 aromatic heterocycles. The number of ether oxygens (including phenoxy) is 3. The lowest BCUT2D eigenvalue weighted by Gasteiger charge is -2.14. The van der Waals surface area contributed by atoms with Gasteiger partial charge in [0.2, 0.25) is 0 Å². The molecule has 0 saturated heterocycles. The Morgan fingerprint density at radius 3 is 2.00 bits per heavy atom. The molecule has 1 N–H and O–H groups in total. The van der Waals surface area contributed by atoms with Crippen molar-refractivity contribution in [3.8, 4) is 0 Å². The van der Waals surface area contributed by atoms with Gasteiger partial charge in [-0.25, -0.2) is 19.4 Å². The second kappa shape index (κ2) is 7.91. The standard InChI is InChI=1S/C17H16N2O6/c1-23-15(20)10-4-6-11(7-5-10)19-13-12(16(21)24-2)8-9-18-14(13)17(22)25-3/h4-9,19H,1-3H3. The highest BCUT2D eigenvalue weighted by atomic mass is 16.5. The van der Waals surface area contributed by atoms with E-state index in [0.29, 0.717) is 11.3 Å². The van der Waals surface area contributed by atoms with E-state index in [0.717, 1.165) is 0 Å². The highest BCUT2D eigenvalue weighted by Crippen LogP contribution is 2.25. The predicted octanol–water partition coefficient (Wildman–Crippen LogP) is 2.18. The van der Waals surface area contributed by atoms with E-state index in [1.807, 2.05) is 0 Å². The molecule has 0 amide bonds. The molecule has 25 heavy (non-hydrogen) atoms. The largest absolute Gasteiger partial charge is 0.465 e. The summed E-state index contributed by atoms with van der Waals surface area (Å²) in [5.74, 6) is -1.82. The van der Waals surface area contributed by atoms with Crippen LogP contribution >= 0.6 is 0 Å². The second-order valence-electron chi connectivity index (χ2n) is 4.76.